The Kier molecular flexibility index (Phi) is 33.2. The van der Waals surface area contributed by atoms with Crippen molar-refractivity contribution in [1.29, 1.82) is 0 Å². The molecule has 0 aliphatic carbocycles. The van der Waals surface area contributed by atoms with Gasteiger partial charge in [0, 0.05) is 84.7 Å². The van der Waals surface area contributed by atoms with Crippen molar-refractivity contribution in [3.05, 3.63) is 510 Å². The van der Waals surface area contributed by atoms with E-state index in [-0.39, 0.29) is 0 Å². The molecule has 0 saturated heterocycles. The lowest BCUT2D eigenvalue weighted by Gasteiger charge is -2.27. The van der Waals surface area contributed by atoms with Gasteiger partial charge in [-0.05, 0) is 346 Å². The van der Waals surface area contributed by atoms with Crippen molar-refractivity contribution in [1.82, 2.24) is 0 Å². The summed E-state index contributed by atoms with van der Waals surface area (Å²) < 4.78 is 0. The van der Waals surface area contributed by atoms with Crippen molar-refractivity contribution in [3.8, 4) is 11.1 Å². The molecule has 19 aromatic rings. The number of fused-ring (bicyclic) bond motifs is 3. The van der Waals surface area contributed by atoms with Crippen LogP contribution in [0.1, 0.15) is 137 Å². The number of rotatable bonds is 27. The van der Waals surface area contributed by atoms with Gasteiger partial charge in [-0.25, -0.2) is 0 Å². The molecule has 0 amide bonds. The first-order valence-corrected chi connectivity index (χ1v) is 49.0. The van der Waals surface area contributed by atoms with Crippen LogP contribution in [0.3, 0.4) is 0 Å². The second kappa shape index (κ2) is 47.4. The average Bonchev–Trinajstić information content (AvgIpc) is 0.765. The molecule has 0 aliphatic heterocycles. The van der Waals surface area contributed by atoms with Crippen LogP contribution in [-0.2, 0) is 70.6 Å². The molecule has 0 saturated carbocycles. The summed E-state index contributed by atoms with van der Waals surface area (Å²) in [5.74, 6) is 0. The third-order valence-corrected chi connectivity index (χ3v) is 25.8. The van der Waals surface area contributed by atoms with Crippen molar-refractivity contribution < 1.29 is 0 Å². The zero-order valence-electron chi connectivity index (χ0n) is 80.7. The van der Waals surface area contributed by atoms with Crippen LogP contribution in [0, 0.1) is 0 Å². The normalized spacial score (nSPS) is 10.8. The molecule has 0 heterocycles. The molecular weight excluding hydrogens is 1630 g/mol. The number of aryl methyl sites for hydroxylation is 11. The zero-order chi connectivity index (χ0) is 93.6. The smallest absolute Gasteiger partial charge is 0.0540 e. The SMILES string of the molecule is CCc1ccc(N(c2ccc(CC)cc2)c2ccc(-c3ccccc3)cc2)cc1.CCc1ccc(N(c2ccc(CC)cc2)c2ccc(CC)cc2)cc1.CCc1ccc(N(c2ccc(CC)cc2)c2cccc3cc4ccccc4cc23)cc1.CCc1ccc(N(c2ccc(CC)cc2)c2cccc3ccccc23)cc1.CCc1ccc(N(c2ccccc2)c2ccc(CC)cc2)cc1. The minimum Gasteiger partial charge on any atom is -0.311 e. The molecule has 0 N–H and O–H groups in total. The van der Waals surface area contributed by atoms with Crippen LogP contribution in [0.5, 0.6) is 0 Å². The number of para-hydroxylation sites is 1. The van der Waals surface area contributed by atoms with Gasteiger partial charge >= 0.3 is 0 Å². The molecule has 0 aromatic heterocycles. The summed E-state index contributed by atoms with van der Waals surface area (Å²) in [6, 6.07) is 163. The molecule has 0 unspecified atom stereocenters. The highest BCUT2D eigenvalue weighted by atomic mass is 15.2. The first-order chi connectivity index (χ1) is 66.4. The molecule has 0 aliphatic rings. The molecule has 5 heteroatoms. The van der Waals surface area contributed by atoms with E-state index in [2.05, 4.69) is 550 Å². The fourth-order valence-electron chi connectivity index (χ4n) is 17.4. The molecule has 19 rings (SSSR count). The Morgan fingerprint density at radius 2 is 0.311 bits per heavy atom. The van der Waals surface area contributed by atoms with E-state index in [9.17, 15) is 0 Å². The molecule has 5 nitrogen and oxygen atoms in total. The minimum atomic E-state index is 1.05. The summed E-state index contributed by atoms with van der Waals surface area (Å²) in [5.41, 5.74) is 35.3. The Bertz CT molecular complexity index is 6530. The van der Waals surface area contributed by atoms with Gasteiger partial charge in [0.15, 0.2) is 0 Å². The Morgan fingerprint density at radius 1 is 0.126 bits per heavy atom. The Morgan fingerprint density at radius 3 is 0.578 bits per heavy atom. The summed E-state index contributed by atoms with van der Waals surface area (Å²) in [6.45, 7) is 24.1. The molecule has 0 bridgehead atoms. The van der Waals surface area contributed by atoms with Gasteiger partial charge in [-0.1, -0.05) is 343 Å². The highest BCUT2D eigenvalue weighted by Gasteiger charge is 2.21. The minimum absolute atomic E-state index is 1.05. The monoisotopic (exact) mass is 1760 g/mol. The van der Waals surface area contributed by atoms with Gasteiger partial charge in [0.05, 0.1) is 11.4 Å². The van der Waals surface area contributed by atoms with Gasteiger partial charge in [0.1, 0.15) is 0 Å². The van der Waals surface area contributed by atoms with Gasteiger partial charge < -0.3 is 24.5 Å². The van der Waals surface area contributed by atoms with Crippen molar-refractivity contribution in [2.75, 3.05) is 24.5 Å². The lowest BCUT2D eigenvalue weighted by molar-refractivity contribution is 1.12. The molecule has 135 heavy (non-hydrogen) atoms. The zero-order valence-corrected chi connectivity index (χ0v) is 80.7. The first-order valence-electron chi connectivity index (χ1n) is 49.0. The largest absolute Gasteiger partial charge is 0.311 e. The number of hydrogen-bond acceptors (Lipinski definition) is 5. The number of anilines is 15. The van der Waals surface area contributed by atoms with Gasteiger partial charge in [0.25, 0.3) is 0 Å². The van der Waals surface area contributed by atoms with E-state index in [4.69, 9.17) is 0 Å². The number of hydrogen-bond donors (Lipinski definition) is 0. The molecular formula is C130H129N5. The van der Waals surface area contributed by atoms with Crippen LogP contribution < -0.4 is 24.5 Å². The molecule has 674 valence electrons. The average molecular weight is 1760 g/mol. The quantitative estimate of drug-likeness (QED) is 0.0476. The van der Waals surface area contributed by atoms with Crippen molar-refractivity contribution in [3.63, 3.8) is 0 Å². The molecule has 0 radical (unpaired) electrons. The predicted octanol–water partition coefficient (Wildman–Crippen LogP) is 37.1. The van der Waals surface area contributed by atoms with Crippen LogP contribution >= 0.6 is 0 Å². The topological polar surface area (TPSA) is 16.2 Å². The molecule has 19 aromatic carbocycles. The molecule has 0 fully saturated rings. The van der Waals surface area contributed by atoms with Crippen LogP contribution in [-0.4, -0.2) is 0 Å². The first kappa shape index (κ1) is 94.6. The van der Waals surface area contributed by atoms with E-state index < -0.39 is 0 Å². The Hall–Kier alpha value is -15.0. The highest BCUT2D eigenvalue weighted by molar-refractivity contribution is 6.06. The van der Waals surface area contributed by atoms with Crippen molar-refractivity contribution in [2.45, 2.75) is 147 Å². The Labute approximate surface area is 804 Å². The van der Waals surface area contributed by atoms with Crippen LogP contribution in [0.25, 0.3) is 43.4 Å². The highest BCUT2D eigenvalue weighted by Crippen LogP contribution is 2.45. The summed E-state index contributed by atoms with van der Waals surface area (Å²) in [5, 5.41) is 7.59. The maximum atomic E-state index is 2.38. The second-order valence-corrected chi connectivity index (χ2v) is 34.3. The third-order valence-electron chi connectivity index (χ3n) is 25.8. The van der Waals surface area contributed by atoms with Crippen LogP contribution in [0.4, 0.5) is 85.3 Å². The summed E-state index contributed by atoms with van der Waals surface area (Å²) >= 11 is 0. The van der Waals surface area contributed by atoms with E-state index in [1.54, 1.807) is 0 Å². The van der Waals surface area contributed by atoms with Gasteiger partial charge in [0.2, 0.25) is 0 Å². The Balaban J connectivity index is 0.000000129. The van der Waals surface area contributed by atoms with Crippen molar-refractivity contribution >= 4 is 118 Å². The van der Waals surface area contributed by atoms with E-state index in [0.717, 1.165) is 76.3 Å². The van der Waals surface area contributed by atoms with Gasteiger partial charge in [-0.2, -0.15) is 0 Å². The summed E-state index contributed by atoms with van der Waals surface area (Å²) in [4.78, 5) is 11.7. The molecule has 0 atom stereocenters. The molecule has 0 spiro atoms. The fourth-order valence-corrected chi connectivity index (χ4v) is 17.4. The van der Waals surface area contributed by atoms with Crippen LogP contribution in [0.15, 0.2) is 449 Å². The van der Waals surface area contributed by atoms with E-state index in [0.29, 0.717) is 0 Å². The van der Waals surface area contributed by atoms with Gasteiger partial charge in [-0.3, -0.25) is 0 Å². The maximum Gasteiger partial charge on any atom is 0.0540 e. The van der Waals surface area contributed by atoms with E-state index in [1.165, 1.54) is 184 Å². The number of nitrogens with zero attached hydrogens (tertiary/aromatic N) is 5. The lowest BCUT2D eigenvalue weighted by Crippen LogP contribution is -2.10. The fraction of sp³-hybridized carbons (Fsp3) is 0.169. The van der Waals surface area contributed by atoms with E-state index in [1.807, 2.05) is 0 Å². The van der Waals surface area contributed by atoms with Gasteiger partial charge in [-0.15, -0.1) is 0 Å². The maximum absolute atomic E-state index is 2.38. The predicted molar refractivity (Wildman–Crippen MR) is 587 cm³/mol. The lowest BCUT2D eigenvalue weighted by atomic mass is 10.0. The standard InChI is InChI=1S/C30H27N.C28H27N.C26H25N.C24H27N.C22H23N/c1-3-22-12-16-27(17-13-22)31(28-18-14-23(4-2)15-19-28)30-11-7-10-26-20-24-8-5-6-9-25(24)21-29(26)30;1-3-22-10-16-26(17-11-22)29(27-18-12-23(4-2)13-19-27)28-20-14-25(15-21-28)24-8-6-5-7-9-24;1-3-20-12-16-23(17-13-20)27(24-18-14-21(4-2)15-19-24)26-11-7-9-22-8-5-6-10-25(22)26;1-4-19-7-13-22(14-8-19)25(23-15-9-20(5-2)10-16-23)24-17-11-21(6-3)12-18-24;1-3-18-10-14-21(15-11-18)23(20-8-6-5-7-9-20)22-16-12-19(4-2)13-17-22/h5-21H,3-4H2,1-2H3;5-21H,3-4H2,1-2H3;5-19H,3-4H2,1-2H3;7-18H,4-6H2,1-3H3;5-17H,3-4H2,1-2H3. The summed E-state index contributed by atoms with van der Waals surface area (Å²) in [7, 11) is 0. The summed E-state index contributed by atoms with van der Waals surface area (Å²) in [6.07, 6.45) is 11.6. The second-order valence-electron chi connectivity index (χ2n) is 34.3. The number of benzene rings is 19. The van der Waals surface area contributed by atoms with Crippen molar-refractivity contribution in [2.24, 2.45) is 0 Å². The third kappa shape index (κ3) is 23.9. The van der Waals surface area contributed by atoms with E-state index >= 15 is 0 Å². The van der Waals surface area contributed by atoms with Crippen LogP contribution in [0.2, 0.25) is 0 Å².